The fourth-order valence-electron chi connectivity index (χ4n) is 1.99. The maximum Gasteiger partial charge on any atom is 0.117 e. The number of phenolic OH excluding ortho intramolecular Hbond substituents is 1. The van der Waals surface area contributed by atoms with E-state index in [1.165, 1.54) is 10.9 Å². The van der Waals surface area contributed by atoms with Crippen LogP contribution in [-0.2, 0) is 0 Å². The number of aromatic hydroxyl groups is 1. The Hall–Kier alpha value is -2.09. The van der Waals surface area contributed by atoms with Gasteiger partial charge in [0.1, 0.15) is 5.75 Å². The molecule has 0 bridgehead atoms. The average molecular weight is 209 g/mol. The van der Waals surface area contributed by atoms with Crippen LogP contribution >= 0.6 is 0 Å². The van der Waals surface area contributed by atoms with E-state index in [0.717, 1.165) is 16.4 Å². The number of nitrogens with zero attached hydrogens (tertiary/aromatic N) is 1. The summed E-state index contributed by atoms with van der Waals surface area (Å²) in [6.07, 6.45) is 0. The van der Waals surface area contributed by atoms with Crippen LogP contribution in [0.3, 0.4) is 0 Å². The van der Waals surface area contributed by atoms with Crippen LogP contribution in [0, 0.1) is 6.92 Å². The Kier molecular flexibility index (Phi) is 1.83. The smallest absolute Gasteiger partial charge is 0.117 e. The second-order valence-electron chi connectivity index (χ2n) is 4.01. The van der Waals surface area contributed by atoms with Gasteiger partial charge in [0.2, 0.25) is 0 Å². The monoisotopic (exact) mass is 209 g/mol. The Morgan fingerprint density at radius 3 is 2.75 bits per heavy atom. The minimum Gasteiger partial charge on any atom is -0.508 e. The van der Waals surface area contributed by atoms with Crippen molar-refractivity contribution in [3.63, 3.8) is 0 Å². The van der Waals surface area contributed by atoms with Gasteiger partial charge in [0.25, 0.3) is 0 Å². The normalized spacial score (nSPS) is 11.1. The van der Waals surface area contributed by atoms with Gasteiger partial charge in [-0.25, -0.2) is 4.98 Å². The van der Waals surface area contributed by atoms with Crippen LogP contribution in [0.5, 0.6) is 5.75 Å². The molecule has 0 radical (unpaired) electrons. The average Bonchev–Trinajstić information content (AvgIpc) is 2.27. The first-order valence-electron chi connectivity index (χ1n) is 5.23. The summed E-state index contributed by atoms with van der Waals surface area (Å²) in [7, 11) is 0. The largest absolute Gasteiger partial charge is 0.508 e. The fraction of sp³-hybridized carbons (Fsp3) is 0.0714. The molecule has 0 aliphatic rings. The first-order valence-corrected chi connectivity index (χ1v) is 5.23. The van der Waals surface area contributed by atoms with Crippen molar-refractivity contribution in [2.45, 2.75) is 6.92 Å². The summed E-state index contributed by atoms with van der Waals surface area (Å²) < 4.78 is 0. The molecular weight excluding hydrogens is 198 g/mol. The molecule has 78 valence electrons. The molecule has 2 nitrogen and oxygen atoms in total. The Bertz CT molecular complexity index is 688. The predicted octanol–water partition coefficient (Wildman–Crippen LogP) is 3.40. The van der Waals surface area contributed by atoms with Gasteiger partial charge in [-0.1, -0.05) is 12.1 Å². The third kappa shape index (κ3) is 1.31. The molecule has 0 fully saturated rings. The van der Waals surface area contributed by atoms with E-state index in [0.29, 0.717) is 0 Å². The number of benzene rings is 2. The quantitative estimate of drug-likeness (QED) is 0.575. The van der Waals surface area contributed by atoms with E-state index in [1.807, 2.05) is 18.2 Å². The van der Waals surface area contributed by atoms with E-state index in [9.17, 15) is 5.11 Å². The lowest BCUT2D eigenvalue weighted by molar-refractivity contribution is 0.476. The first-order chi connectivity index (χ1) is 7.74. The molecule has 1 N–H and O–H groups in total. The van der Waals surface area contributed by atoms with Gasteiger partial charge >= 0.3 is 0 Å². The number of rotatable bonds is 0. The summed E-state index contributed by atoms with van der Waals surface area (Å²) in [4.78, 5) is 4.54. The van der Waals surface area contributed by atoms with Crippen LogP contribution in [0.25, 0.3) is 21.8 Å². The second-order valence-corrected chi connectivity index (χ2v) is 4.01. The molecule has 0 atom stereocenters. The first kappa shape index (κ1) is 9.16. The van der Waals surface area contributed by atoms with Crippen molar-refractivity contribution < 1.29 is 5.11 Å². The van der Waals surface area contributed by atoms with Crippen LogP contribution in [0.15, 0.2) is 42.5 Å². The van der Waals surface area contributed by atoms with E-state index in [2.05, 4.69) is 24.0 Å². The third-order valence-electron chi connectivity index (χ3n) is 2.86. The summed E-state index contributed by atoms with van der Waals surface area (Å²) >= 11 is 0. The highest BCUT2D eigenvalue weighted by molar-refractivity contribution is 5.94. The fourth-order valence-corrected chi connectivity index (χ4v) is 1.99. The number of fused-ring (bicyclic) bond motifs is 2. The highest BCUT2D eigenvalue weighted by atomic mass is 16.3. The Morgan fingerprint density at radius 2 is 1.88 bits per heavy atom. The molecule has 3 aromatic rings. The molecule has 0 aliphatic heterocycles. The number of hydrogen-bond donors (Lipinski definition) is 1. The van der Waals surface area contributed by atoms with Crippen molar-refractivity contribution in [1.29, 1.82) is 0 Å². The van der Waals surface area contributed by atoms with E-state index in [-0.39, 0.29) is 5.75 Å². The van der Waals surface area contributed by atoms with Gasteiger partial charge in [0.15, 0.2) is 0 Å². The molecule has 1 heterocycles. The minimum atomic E-state index is 0.256. The minimum absolute atomic E-state index is 0.256. The van der Waals surface area contributed by atoms with Crippen molar-refractivity contribution in [2.24, 2.45) is 0 Å². The molecule has 0 aliphatic carbocycles. The van der Waals surface area contributed by atoms with Gasteiger partial charge in [-0.15, -0.1) is 0 Å². The molecule has 2 heteroatoms. The van der Waals surface area contributed by atoms with Crippen LogP contribution in [-0.4, -0.2) is 10.1 Å². The number of aryl methyl sites for hydroxylation is 1. The summed E-state index contributed by atoms with van der Waals surface area (Å²) in [5.41, 5.74) is 3.02. The van der Waals surface area contributed by atoms with Gasteiger partial charge in [0.05, 0.1) is 11.0 Å². The van der Waals surface area contributed by atoms with Crippen LogP contribution in [0.4, 0.5) is 0 Å². The lowest BCUT2D eigenvalue weighted by Gasteiger charge is -2.04. The summed E-state index contributed by atoms with van der Waals surface area (Å²) in [6, 6.07) is 13.5. The van der Waals surface area contributed by atoms with Crippen molar-refractivity contribution in [3.8, 4) is 5.75 Å². The predicted molar refractivity (Wildman–Crippen MR) is 65.7 cm³/mol. The van der Waals surface area contributed by atoms with Gasteiger partial charge in [-0.2, -0.15) is 0 Å². The van der Waals surface area contributed by atoms with Crippen LogP contribution in [0.2, 0.25) is 0 Å². The van der Waals surface area contributed by atoms with Crippen molar-refractivity contribution in [2.75, 3.05) is 0 Å². The lowest BCUT2D eigenvalue weighted by Crippen LogP contribution is -1.84. The Balaban J connectivity index is 2.49. The van der Waals surface area contributed by atoms with Crippen molar-refractivity contribution in [1.82, 2.24) is 4.98 Å². The highest BCUT2D eigenvalue weighted by Gasteiger charge is 2.02. The number of phenols is 1. The molecule has 2 aromatic carbocycles. The zero-order valence-corrected chi connectivity index (χ0v) is 8.94. The van der Waals surface area contributed by atoms with E-state index in [4.69, 9.17) is 0 Å². The molecule has 0 saturated heterocycles. The number of aromatic nitrogens is 1. The summed E-state index contributed by atoms with van der Waals surface area (Å²) in [5.74, 6) is 0.256. The summed E-state index contributed by atoms with van der Waals surface area (Å²) in [6.45, 7) is 2.08. The number of hydrogen-bond acceptors (Lipinski definition) is 2. The van der Waals surface area contributed by atoms with E-state index >= 15 is 0 Å². The van der Waals surface area contributed by atoms with Gasteiger partial charge in [-0.05, 0) is 36.8 Å². The SMILES string of the molecule is Cc1cccc2nc3cc(O)ccc3cc12. The third-order valence-corrected chi connectivity index (χ3v) is 2.86. The Morgan fingerprint density at radius 1 is 1.00 bits per heavy atom. The maximum absolute atomic E-state index is 9.42. The molecule has 3 rings (SSSR count). The summed E-state index contributed by atoms with van der Waals surface area (Å²) in [5, 5.41) is 11.6. The number of pyridine rings is 1. The highest BCUT2D eigenvalue weighted by Crippen LogP contribution is 2.24. The molecular formula is C14H11NO. The molecule has 0 unspecified atom stereocenters. The van der Waals surface area contributed by atoms with Crippen LogP contribution in [0.1, 0.15) is 5.56 Å². The van der Waals surface area contributed by atoms with Gasteiger partial charge in [0, 0.05) is 16.8 Å². The molecule has 16 heavy (non-hydrogen) atoms. The lowest BCUT2D eigenvalue weighted by atomic mass is 10.1. The zero-order valence-electron chi connectivity index (χ0n) is 8.94. The molecule has 0 saturated carbocycles. The standard InChI is InChI=1S/C14H11NO/c1-9-3-2-4-13-12(9)7-10-5-6-11(16)8-14(10)15-13/h2-8,16H,1H3. The van der Waals surface area contributed by atoms with Crippen molar-refractivity contribution in [3.05, 3.63) is 48.0 Å². The molecule has 0 spiro atoms. The molecule has 1 aromatic heterocycles. The molecule has 0 amide bonds. The zero-order chi connectivity index (χ0) is 11.1. The Labute approximate surface area is 93.2 Å². The van der Waals surface area contributed by atoms with Crippen LogP contribution < -0.4 is 0 Å². The van der Waals surface area contributed by atoms with E-state index < -0.39 is 0 Å². The maximum atomic E-state index is 9.42. The van der Waals surface area contributed by atoms with E-state index in [1.54, 1.807) is 12.1 Å². The van der Waals surface area contributed by atoms with Gasteiger partial charge < -0.3 is 5.11 Å². The topological polar surface area (TPSA) is 33.1 Å². The van der Waals surface area contributed by atoms with Crippen molar-refractivity contribution >= 4 is 21.8 Å². The van der Waals surface area contributed by atoms with Gasteiger partial charge in [-0.3, -0.25) is 0 Å². The second kappa shape index (κ2) is 3.20.